The van der Waals surface area contributed by atoms with E-state index in [0.717, 1.165) is 23.7 Å². The lowest BCUT2D eigenvalue weighted by atomic mass is 9.83. The van der Waals surface area contributed by atoms with Gasteiger partial charge in [0.25, 0.3) is 0 Å². The molecule has 2 saturated heterocycles. The van der Waals surface area contributed by atoms with Gasteiger partial charge >= 0.3 is 11.9 Å². The Bertz CT molecular complexity index is 506. The molecule has 0 amide bonds. The Hall–Kier alpha value is -1.14. The van der Waals surface area contributed by atoms with E-state index in [-0.39, 0.29) is 11.9 Å². The van der Waals surface area contributed by atoms with E-state index < -0.39 is 0 Å². The van der Waals surface area contributed by atoms with Crippen molar-refractivity contribution >= 4 is 11.9 Å². The number of hydrogen-bond donors (Lipinski definition) is 0. The lowest BCUT2D eigenvalue weighted by molar-refractivity contribution is -0.146. The van der Waals surface area contributed by atoms with E-state index in [4.69, 9.17) is 9.47 Å². The highest BCUT2D eigenvalue weighted by Gasteiger charge is 2.42. The van der Waals surface area contributed by atoms with Crippen molar-refractivity contribution in [1.29, 1.82) is 0 Å². The van der Waals surface area contributed by atoms with Gasteiger partial charge in [-0.2, -0.15) is 0 Å². The number of esters is 2. The zero-order chi connectivity index (χ0) is 21.7. The molecule has 4 rings (SSSR count). The highest BCUT2D eigenvalue weighted by Crippen LogP contribution is 2.44. The van der Waals surface area contributed by atoms with Crippen molar-refractivity contribution in [3.63, 3.8) is 0 Å². The van der Waals surface area contributed by atoms with Crippen LogP contribution in [0.2, 0.25) is 0 Å². The van der Waals surface area contributed by atoms with Gasteiger partial charge in [-0.3, -0.25) is 9.59 Å². The molecule has 0 aromatic heterocycles. The molecule has 2 saturated carbocycles. The molecule has 4 unspecified atom stereocenters. The summed E-state index contributed by atoms with van der Waals surface area (Å²) in [4.78, 5) is 27.8. The van der Waals surface area contributed by atoms with Gasteiger partial charge in [0, 0.05) is 39.0 Å². The maximum Gasteiger partial charge on any atom is 0.306 e. The average molecular weight is 423 g/mol. The summed E-state index contributed by atoms with van der Waals surface area (Å²) in [6.45, 7) is 9.45. The van der Waals surface area contributed by atoms with Crippen LogP contribution in [0.15, 0.2) is 0 Å². The average Bonchev–Trinajstić information content (AvgIpc) is 3.06. The van der Waals surface area contributed by atoms with E-state index in [1.807, 2.05) is 13.8 Å². The van der Waals surface area contributed by atoms with Crippen LogP contribution in [0.25, 0.3) is 0 Å². The Morgan fingerprint density at radius 3 is 1.23 bits per heavy atom. The van der Waals surface area contributed by atoms with Crippen LogP contribution < -0.4 is 0 Å². The molecular formula is C24H42N2O4. The van der Waals surface area contributed by atoms with Crippen LogP contribution in [0.3, 0.4) is 0 Å². The molecule has 6 nitrogen and oxygen atoms in total. The molecule has 2 heterocycles. The lowest BCUT2D eigenvalue weighted by Crippen LogP contribution is -2.40. The summed E-state index contributed by atoms with van der Waals surface area (Å²) in [5, 5.41) is 0. The summed E-state index contributed by atoms with van der Waals surface area (Å²) < 4.78 is 10.1. The molecule has 172 valence electrons. The SMILES string of the molecule is CCOC(=O)CC1C2CCC1CN(C)C2.CCOC(=O)CC1C2CCC1CN(C)C2. The normalized spacial score (nSPS) is 35.5. The Kier molecular flexibility index (Phi) is 8.58. The number of carbonyl (C=O) groups excluding carboxylic acids is 2. The summed E-state index contributed by atoms with van der Waals surface area (Å²) in [6.07, 6.45) is 6.52. The van der Waals surface area contributed by atoms with E-state index in [2.05, 4.69) is 23.9 Å². The number of hydrogen-bond acceptors (Lipinski definition) is 6. The van der Waals surface area contributed by atoms with Gasteiger partial charge in [-0.05, 0) is 89.1 Å². The number of rotatable bonds is 6. The van der Waals surface area contributed by atoms with Gasteiger partial charge in [-0.1, -0.05) is 0 Å². The Balaban J connectivity index is 0.000000171. The number of nitrogens with zero attached hydrogens (tertiary/aromatic N) is 2. The number of piperidine rings is 2. The fourth-order valence-corrected chi connectivity index (χ4v) is 6.63. The maximum atomic E-state index is 11.5. The minimum absolute atomic E-state index is 0.00366. The first-order valence-electron chi connectivity index (χ1n) is 12.1. The van der Waals surface area contributed by atoms with Crippen LogP contribution in [0.5, 0.6) is 0 Å². The summed E-state index contributed by atoms with van der Waals surface area (Å²) >= 11 is 0. The molecule has 6 heteroatoms. The van der Waals surface area contributed by atoms with E-state index in [9.17, 15) is 9.59 Å². The molecule has 4 bridgehead atoms. The molecule has 0 aromatic rings. The van der Waals surface area contributed by atoms with Crippen LogP contribution >= 0.6 is 0 Å². The van der Waals surface area contributed by atoms with E-state index >= 15 is 0 Å². The van der Waals surface area contributed by atoms with Gasteiger partial charge in [0.2, 0.25) is 0 Å². The first kappa shape index (κ1) is 23.5. The number of fused-ring (bicyclic) bond motifs is 4. The zero-order valence-corrected chi connectivity index (χ0v) is 19.5. The molecule has 4 atom stereocenters. The van der Waals surface area contributed by atoms with Gasteiger partial charge in [0.05, 0.1) is 13.2 Å². The van der Waals surface area contributed by atoms with Crippen molar-refractivity contribution in [2.45, 2.75) is 52.4 Å². The standard InChI is InChI=1S/2C12H21NO2/c2*1-3-15-12(14)6-11-9-4-5-10(11)8-13(2)7-9/h2*9-11H,3-8H2,1-2H3. The molecule has 0 N–H and O–H groups in total. The van der Waals surface area contributed by atoms with E-state index in [1.165, 1.54) is 51.9 Å². The molecule has 0 radical (unpaired) electrons. The third-order valence-electron chi connectivity index (χ3n) is 7.84. The highest BCUT2D eigenvalue weighted by atomic mass is 16.5. The first-order chi connectivity index (χ1) is 14.4. The van der Waals surface area contributed by atoms with Crippen LogP contribution in [0.1, 0.15) is 52.4 Å². The first-order valence-corrected chi connectivity index (χ1v) is 12.1. The van der Waals surface area contributed by atoms with Crippen molar-refractivity contribution in [3.8, 4) is 0 Å². The van der Waals surface area contributed by atoms with Crippen LogP contribution in [-0.4, -0.2) is 75.2 Å². The summed E-state index contributed by atoms with van der Waals surface area (Å²) in [5.41, 5.74) is 0. The second-order valence-electron chi connectivity index (χ2n) is 9.98. The van der Waals surface area contributed by atoms with Crippen molar-refractivity contribution in [1.82, 2.24) is 9.80 Å². The summed E-state index contributed by atoms with van der Waals surface area (Å²) in [7, 11) is 4.37. The topological polar surface area (TPSA) is 59.1 Å². The summed E-state index contributed by atoms with van der Waals surface area (Å²) in [5.74, 6) is 4.14. The predicted molar refractivity (Wildman–Crippen MR) is 117 cm³/mol. The molecule has 0 spiro atoms. The fraction of sp³-hybridized carbons (Fsp3) is 0.917. The van der Waals surface area contributed by atoms with E-state index in [1.54, 1.807) is 0 Å². The van der Waals surface area contributed by atoms with Crippen LogP contribution in [0, 0.1) is 35.5 Å². The van der Waals surface area contributed by atoms with Crippen LogP contribution in [0.4, 0.5) is 0 Å². The second kappa shape index (κ2) is 10.9. The molecule has 2 aliphatic heterocycles. The van der Waals surface area contributed by atoms with Gasteiger partial charge in [0.15, 0.2) is 0 Å². The molecule has 4 aliphatic rings. The van der Waals surface area contributed by atoms with Crippen molar-refractivity contribution in [3.05, 3.63) is 0 Å². The van der Waals surface area contributed by atoms with Gasteiger partial charge < -0.3 is 19.3 Å². The van der Waals surface area contributed by atoms with Crippen molar-refractivity contribution in [2.24, 2.45) is 35.5 Å². The lowest BCUT2D eigenvalue weighted by Gasteiger charge is -2.35. The largest absolute Gasteiger partial charge is 0.466 e. The number of carbonyl (C=O) groups is 2. The zero-order valence-electron chi connectivity index (χ0n) is 19.5. The Morgan fingerprint density at radius 2 is 0.967 bits per heavy atom. The van der Waals surface area contributed by atoms with Gasteiger partial charge in [-0.15, -0.1) is 0 Å². The quantitative estimate of drug-likeness (QED) is 0.613. The molecule has 0 aromatic carbocycles. The number of likely N-dealkylation sites (tertiary alicyclic amines) is 2. The van der Waals surface area contributed by atoms with Gasteiger partial charge in [0.1, 0.15) is 0 Å². The van der Waals surface area contributed by atoms with Gasteiger partial charge in [-0.25, -0.2) is 0 Å². The Labute approximate surface area is 182 Å². The fourth-order valence-electron chi connectivity index (χ4n) is 6.63. The van der Waals surface area contributed by atoms with Crippen molar-refractivity contribution in [2.75, 3.05) is 53.5 Å². The molecule has 2 aliphatic carbocycles. The summed E-state index contributed by atoms with van der Waals surface area (Å²) in [6, 6.07) is 0. The third-order valence-corrected chi connectivity index (χ3v) is 7.84. The minimum Gasteiger partial charge on any atom is -0.466 e. The Morgan fingerprint density at radius 1 is 0.667 bits per heavy atom. The highest BCUT2D eigenvalue weighted by molar-refractivity contribution is 5.70. The molecule has 4 fully saturated rings. The maximum absolute atomic E-state index is 11.5. The van der Waals surface area contributed by atoms with E-state index in [0.29, 0.717) is 37.9 Å². The predicted octanol–water partition coefficient (Wildman–Crippen LogP) is 3.05. The molecule has 30 heavy (non-hydrogen) atoms. The second-order valence-corrected chi connectivity index (χ2v) is 9.98. The smallest absolute Gasteiger partial charge is 0.306 e. The monoisotopic (exact) mass is 422 g/mol. The number of ether oxygens (including phenoxy) is 2. The third kappa shape index (κ3) is 5.97. The molecular weight excluding hydrogens is 380 g/mol. The van der Waals surface area contributed by atoms with Crippen molar-refractivity contribution < 1.29 is 19.1 Å². The van der Waals surface area contributed by atoms with Crippen LogP contribution in [-0.2, 0) is 19.1 Å². The minimum atomic E-state index is 0.00366.